The molecule has 0 fully saturated rings. The van der Waals surface area contributed by atoms with E-state index in [0.29, 0.717) is 17.9 Å². The average molecular weight is 239 g/mol. The first-order valence-electron chi connectivity index (χ1n) is 5.90. The summed E-state index contributed by atoms with van der Waals surface area (Å²) in [6, 6.07) is 1.59. The van der Waals surface area contributed by atoms with E-state index in [2.05, 4.69) is 18.8 Å². The predicted octanol–water partition coefficient (Wildman–Crippen LogP) is 3.32. The minimum atomic E-state index is -0.359. The summed E-state index contributed by atoms with van der Waals surface area (Å²) in [5.74, 6) is 0.0980. The summed E-state index contributed by atoms with van der Waals surface area (Å²) in [7, 11) is 3.24. The molecule has 0 atom stereocenters. The Kier molecular flexibility index (Phi) is 6.40. The SMILES string of the molecule is [CH2]OCc1occc1C(=O)OCCCCCC. The first-order valence-corrected chi connectivity index (χ1v) is 5.90. The number of ether oxygens (including phenoxy) is 2. The molecule has 4 nitrogen and oxygen atoms in total. The number of furan rings is 1. The van der Waals surface area contributed by atoms with Crippen LogP contribution in [0.5, 0.6) is 0 Å². The summed E-state index contributed by atoms with van der Waals surface area (Å²) in [5, 5.41) is 0. The molecule has 0 N–H and O–H groups in total. The third kappa shape index (κ3) is 4.61. The second-order valence-electron chi connectivity index (χ2n) is 3.80. The standard InChI is InChI=1S/C13H19O4/c1-3-4-5-6-8-17-13(14)11-7-9-16-12(11)10-15-2/h7,9H,2-6,8,10H2,1H3. The van der Waals surface area contributed by atoms with Gasteiger partial charge in [-0.3, -0.25) is 0 Å². The molecule has 0 aliphatic heterocycles. The smallest absolute Gasteiger partial charge is 0.341 e. The van der Waals surface area contributed by atoms with Gasteiger partial charge in [0.15, 0.2) is 0 Å². The lowest BCUT2D eigenvalue weighted by atomic mass is 10.2. The monoisotopic (exact) mass is 239 g/mol. The normalized spacial score (nSPS) is 10.5. The van der Waals surface area contributed by atoms with Crippen LogP contribution in [0.25, 0.3) is 0 Å². The van der Waals surface area contributed by atoms with Crippen LogP contribution in [0.3, 0.4) is 0 Å². The molecular weight excluding hydrogens is 220 g/mol. The molecule has 0 unspecified atom stereocenters. The van der Waals surface area contributed by atoms with Crippen LogP contribution < -0.4 is 0 Å². The summed E-state index contributed by atoms with van der Waals surface area (Å²) >= 11 is 0. The van der Waals surface area contributed by atoms with Crippen molar-refractivity contribution >= 4 is 5.97 Å². The summed E-state index contributed by atoms with van der Waals surface area (Å²) in [6.07, 6.45) is 5.77. The Morgan fingerprint density at radius 3 is 2.94 bits per heavy atom. The molecule has 1 aromatic heterocycles. The zero-order chi connectivity index (χ0) is 12.5. The lowest BCUT2D eigenvalue weighted by Gasteiger charge is -2.04. The number of carbonyl (C=O) groups excluding carboxylic acids is 1. The van der Waals surface area contributed by atoms with Gasteiger partial charge in [-0.1, -0.05) is 26.2 Å². The highest BCUT2D eigenvalue weighted by molar-refractivity contribution is 5.90. The Morgan fingerprint density at radius 1 is 1.41 bits per heavy atom. The van der Waals surface area contributed by atoms with Gasteiger partial charge in [0.05, 0.1) is 20.0 Å². The van der Waals surface area contributed by atoms with Gasteiger partial charge < -0.3 is 13.9 Å². The molecule has 4 heteroatoms. The first-order chi connectivity index (χ1) is 8.29. The fourth-order valence-electron chi connectivity index (χ4n) is 1.50. The van der Waals surface area contributed by atoms with Crippen molar-refractivity contribution in [2.45, 2.75) is 39.2 Å². The van der Waals surface area contributed by atoms with Crippen molar-refractivity contribution in [2.24, 2.45) is 0 Å². The van der Waals surface area contributed by atoms with Gasteiger partial charge in [0, 0.05) is 0 Å². The van der Waals surface area contributed by atoms with Crippen molar-refractivity contribution in [1.29, 1.82) is 0 Å². The molecule has 0 bridgehead atoms. The van der Waals surface area contributed by atoms with Crippen LogP contribution in [0.15, 0.2) is 16.7 Å². The molecule has 1 rings (SSSR count). The van der Waals surface area contributed by atoms with Gasteiger partial charge in [0.2, 0.25) is 0 Å². The van der Waals surface area contributed by atoms with Crippen LogP contribution in [0, 0.1) is 7.11 Å². The summed E-state index contributed by atoms with van der Waals surface area (Å²) in [5.41, 5.74) is 0.421. The second-order valence-corrected chi connectivity index (χ2v) is 3.80. The zero-order valence-electron chi connectivity index (χ0n) is 10.2. The molecule has 0 saturated carbocycles. The Bertz CT molecular complexity index is 330. The van der Waals surface area contributed by atoms with Crippen molar-refractivity contribution in [3.8, 4) is 0 Å². The predicted molar refractivity (Wildman–Crippen MR) is 63.3 cm³/mol. The lowest BCUT2D eigenvalue weighted by Crippen LogP contribution is -2.08. The van der Waals surface area contributed by atoms with Crippen LogP contribution in [0.4, 0.5) is 0 Å². The summed E-state index contributed by atoms with van der Waals surface area (Å²) < 4.78 is 14.9. The molecule has 0 aliphatic carbocycles. The minimum absolute atomic E-state index is 0.174. The molecule has 17 heavy (non-hydrogen) atoms. The minimum Gasteiger partial charge on any atom is -0.466 e. The van der Waals surface area contributed by atoms with E-state index in [1.165, 1.54) is 19.1 Å². The molecule has 0 aromatic carbocycles. The van der Waals surface area contributed by atoms with E-state index in [1.54, 1.807) is 6.07 Å². The topological polar surface area (TPSA) is 48.7 Å². The van der Waals surface area contributed by atoms with Crippen LogP contribution >= 0.6 is 0 Å². The zero-order valence-corrected chi connectivity index (χ0v) is 10.2. The van der Waals surface area contributed by atoms with Gasteiger partial charge in [-0.25, -0.2) is 4.79 Å². The lowest BCUT2D eigenvalue weighted by molar-refractivity contribution is 0.0491. The molecule has 0 amide bonds. The van der Waals surface area contributed by atoms with Gasteiger partial charge in [-0.15, -0.1) is 0 Å². The number of unbranched alkanes of at least 4 members (excludes halogenated alkanes) is 3. The van der Waals surface area contributed by atoms with E-state index in [1.807, 2.05) is 0 Å². The molecule has 0 saturated heterocycles. The highest BCUT2D eigenvalue weighted by atomic mass is 16.5. The third-order valence-corrected chi connectivity index (χ3v) is 2.43. The number of rotatable bonds is 8. The molecule has 95 valence electrons. The van der Waals surface area contributed by atoms with Crippen molar-refractivity contribution < 1.29 is 18.7 Å². The van der Waals surface area contributed by atoms with Gasteiger partial charge in [-0.05, 0) is 12.5 Å². The number of hydrogen-bond acceptors (Lipinski definition) is 4. The van der Waals surface area contributed by atoms with E-state index >= 15 is 0 Å². The van der Waals surface area contributed by atoms with Crippen molar-refractivity contribution in [2.75, 3.05) is 6.61 Å². The maximum atomic E-state index is 11.7. The first kappa shape index (κ1) is 13.8. The van der Waals surface area contributed by atoms with Crippen LogP contribution in [0.1, 0.15) is 48.7 Å². The number of esters is 1. The Hall–Kier alpha value is -1.29. The molecule has 0 aliphatic rings. The van der Waals surface area contributed by atoms with Crippen molar-refractivity contribution in [1.82, 2.24) is 0 Å². The van der Waals surface area contributed by atoms with E-state index in [-0.39, 0.29) is 12.6 Å². The van der Waals surface area contributed by atoms with E-state index in [9.17, 15) is 4.79 Å². The van der Waals surface area contributed by atoms with E-state index < -0.39 is 0 Å². The third-order valence-electron chi connectivity index (χ3n) is 2.43. The molecule has 1 radical (unpaired) electrons. The maximum absolute atomic E-state index is 11.7. The van der Waals surface area contributed by atoms with Gasteiger partial charge in [0.25, 0.3) is 0 Å². The van der Waals surface area contributed by atoms with Crippen LogP contribution in [-0.2, 0) is 16.1 Å². The fraction of sp³-hybridized carbons (Fsp3) is 0.538. The Balaban J connectivity index is 2.33. The van der Waals surface area contributed by atoms with Crippen molar-refractivity contribution in [3.63, 3.8) is 0 Å². The number of hydrogen-bond donors (Lipinski definition) is 0. The molecule has 0 spiro atoms. The quantitative estimate of drug-likeness (QED) is 0.515. The molecule has 1 heterocycles. The second kappa shape index (κ2) is 7.90. The van der Waals surface area contributed by atoms with Gasteiger partial charge >= 0.3 is 5.97 Å². The van der Waals surface area contributed by atoms with Gasteiger partial charge in [0.1, 0.15) is 17.9 Å². The summed E-state index contributed by atoms with van der Waals surface area (Å²) in [4.78, 5) is 11.7. The average Bonchev–Trinajstić information content (AvgIpc) is 2.77. The van der Waals surface area contributed by atoms with Gasteiger partial charge in [-0.2, -0.15) is 0 Å². The van der Waals surface area contributed by atoms with E-state index in [0.717, 1.165) is 12.8 Å². The summed E-state index contributed by atoms with van der Waals surface area (Å²) in [6.45, 7) is 2.77. The Labute approximate surface area is 102 Å². The number of carbonyl (C=O) groups is 1. The largest absolute Gasteiger partial charge is 0.466 e. The van der Waals surface area contributed by atoms with Crippen LogP contribution in [-0.4, -0.2) is 12.6 Å². The highest BCUT2D eigenvalue weighted by Crippen LogP contribution is 2.13. The van der Waals surface area contributed by atoms with Crippen LogP contribution in [0.2, 0.25) is 0 Å². The maximum Gasteiger partial charge on any atom is 0.341 e. The highest BCUT2D eigenvalue weighted by Gasteiger charge is 2.15. The fourth-order valence-corrected chi connectivity index (χ4v) is 1.50. The Morgan fingerprint density at radius 2 is 2.24 bits per heavy atom. The van der Waals surface area contributed by atoms with Crippen molar-refractivity contribution in [3.05, 3.63) is 30.8 Å². The molecule has 1 aromatic rings. The van der Waals surface area contributed by atoms with E-state index in [4.69, 9.17) is 9.15 Å². The molecular formula is C13H19O4.